The number of halogens is 1. The molecule has 0 bridgehead atoms. The van der Waals surface area contributed by atoms with E-state index in [-0.39, 0.29) is 5.82 Å². The van der Waals surface area contributed by atoms with Crippen molar-refractivity contribution in [1.29, 1.82) is 0 Å². The fourth-order valence-corrected chi connectivity index (χ4v) is 3.07. The van der Waals surface area contributed by atoms with Crippen LogP contribution in [-0.4, -0.2) is 32.4 Å². The van der Waals surface area contributed by atoms with Crippen LogP contribution in [-0.2, 0) is 19.6 Å². The molecule has 0 aliphatic heterocycles. The van der Waals surface area contributed by atoms with Gasteiger partial charge in [-0.2, -0.15) is 5.10 Å². The van der Waals surface area contributed by atoms with Crippen LogP contribution in [0.25, 0.3) is 0 Å². The van der Waals surface area contributed by atoms with Crippen LogP contribution < -0.4 is 0 Å². The van der Waals surface area contributed by atoms with Gasteiger partial charge in [-0.15, -0.1) is 0 Å². The number of aryl methyl sites for hydroxylation is 2. The lowest BCUT2D eigenvalue weighted by Crippen LogP contribution is -2.34. The minimum absolute atomic E-state index is 0.254. The van der Waals surface area contributed by atoms with Gasteiger partial charge in [0.05, 0.1) is 31.2 Å². The Hall–Kier alpha value is -2.44. The maximum atomic E-state index is 13.1. The first-order valence-electron chi connectivity index (χ1n) is 8.68. The molecule has 1 aromatic carbocycles. The molecule has 0 saturated carbocycles. The lowest BCUT2D eigenvalue weighted by Gasteiger charge is -2.24. The molecule has 2 heterocycles. The first-order chi connectivity index (χ1) is 12.5. The molecule has 0 unspecified atom stereocenters. The topological polar surface area (TPSA) is 54.4 Å². The second kappa shape index (κ2) is 8.29. The van der Waals surface area contributed by atoms with Crippen molar-refractivity contribution < 1.29 is 13.9 Å². The molecule has 5 nitrogen and oxygen atoms in total. The number of aliphatic hydroxyl groups excluding tert-OH is 1. The van der Waals surface area contributed by atoms with Crippen LogP contribution in [0, 0.1) is 19.7 Å². The van der Waals surface area contributed by atoms with Gasteiger partial charge in [-0.05, 0) is 49.7 Å². The summed E-state index contributed by atoms with van der Waals surface area (Å²) in [5.74, 6) is 0.571. The van der Waals surface area contributed by atoms with E-state index in [1.807, 2.05) is 36.7 Å². The van der Waals surface area contributed by atoms with Crippen LogP contribution in [0.5, 0.6) is 0 Å². The summed E-state index contributed by atoms with van der Waals surface area (Å²) in [5.41, 5.74) is 2.95. The minimum atomic E-state index is -0.580. The van der Waals surface area contributed by atoms with E-state index in [0.717, 1.165) is 22.7 Å². The number of furan rings is 1. The second-order valence-electron chi connectivity index (χ2n) is 6.64. The van der Waals surface area contributed by atoms with Gasteiger partial charge in [0.15, 0.2) is 0 Å². The highest BCUT2D eigenvalue weighted by Gasteiger charge is 2.16. The van der Waals surface area contributed by atoms with Gasteiger partial charge in [0.1, 0.15) is 11.6 Å². The Bertz CT molecular complexity index is 812. The predicted octanol–water partition coefficient (Wildman–Crippen LogP) is 3.30. The fourth-order valence-electron chi connectivity index (χ4n) is 3.07. The Morgan fingerprint density at radius 2 is 1.96 bits per heavy atom. The molecule has 0 saturated heterocycles. The maximum Gasteiger partial charge on any atom is 0.123 e. The zero-order valence-corrected chi connectivity index (χ0v) is 15.1. The van der Waals surface area contributed by atoms with E-state index in [1.54, 1.807) is 18.4 Å². The third-order valence-electron chi connectivity index (χ3n) is 4.23. The van der Waals surface area contributed by atoms with E-state index < -0.39 is 6.10 Å². The lowest BCUT2D eigenvalue weighted by atomic mass is 10.2. The number of hydrogen-bond donors (Lipinski definition) is 1. The smallest absolute Gasteiger partial charge is 0.123 e. The summed E-state index contributed by atoms with van der Waals surface area (Å²) in [6, 6.07) is 12.2. The molecule has 6 heteroatoms. The summed E-state index contributed by atoms with van der Waals surface area (Å²) in [7, 11) is 0. The molecule has 0 radical (unpaired) electrons. The number of aliphatic hydroxyl groups is 1. The van der Waals surface area contributed by atoms with Gasteiger partial charge < -0.3 is 9.52 Å². The highest BCUT2D eigenvalue weighted by molar-refractivity contribution is 5.16. The van der Waals surface area contributed by atoms with Crippen molar-refractivity contribution in [1.82, 2.24) is 14.7 Å². The van der Waals surface area contributed by atoms with Gasteiger partial charge in [-0.25, -0.2) is 4.39 Å². The van der Waals surface area contributed by atoms with Crippen molar-refractivity contribution in [3.05, 3.63) is 77.3 Å². The van der Waals surface area contributed by atoms with Gasteiger partial charge in [-0.1, -0.05) is 12.1 Å². The van der Waals surface area contributed by atoms with Crippen molar-refractivity contribution in [2.45, 2.75) is 39.6 Å². The predicted molar refractivity (Wildman–Crippen MR) is 96.9 cm³/mol. The van der Waals surface area contributed by atoms with Crippen LogP contribution in [0.4, 0.5) is 4.39 Å². The summed E-state index contributed by atoms with van der Waals surface area (Å²) in [5, 5.41) is 15.0. The van der Waals surface area contributed by atoms with Gasteiger partial charge in [0, 0.05) is 18.8 Å². The molecule has 2 aromatic heterocycles. The fraction of sp³-hybridized carbons (Fsp3) is 0.350. The number of rotatable bonds is 8. The van der Waals surface area contributed by atoms with Crippen LogP contribution >= 0.6 is 0 Å². The van der Waals surface area contributed by atoms with Gasteiger partial charge in [0.2, 0.25) is 0 Å². The molecule has 1 N–H and O–H groups in total. The Labute approximate surface area is 152 Å². The highest BCUT2D eigenvalue weighted by Crippen LogP contribution is 2.13. The van der Waals surface area contributed by atoms with E-state index >= 15 is 0 Å². The average Bonchev–Trinajstić information content (AvgIpc) is 3.19. The molecule has 26 heavy (non-hydrogen) atoms. The quantitative estimate of drug-likeness (QED) is 0.672. The molecule has 3 rings (SSSR count). The SMILES string of the molecule is Cc1cc(C)n(C[C@H](O)CN(Cc2ccc(F)cc2)Cc2ccco2)n1. The van der Waals surface area contributed by atoms with E-state index in [0.29, 0.717) is 26.2 Å². The van der Waals surface area contributed by atoms with Gasteiger partial charge in [0.25, 0.3) is 0 Å². The summed E-state index contributed by atoms with van der Waals surface area (Å²) in [6.07, 6.45) is 1.06. The Morgan fingerprint density at radius 1 is 1.19 bits per heavy atom. The Morgan fingerprint density at radius 3 is 2.58 bits per heavy atom. The first-order valence-corrected chi connectivity index (χ1v) is 8.68. The monoisotopic (exact) mass is 357 g/mol. The third kappa shape index (κ3) is 5.03. The third-order valence-corrected chi connectivity index (χ3v) is 4.23. The van der Waals surface area contributed by atoms with Crippen LogP contribution in [0.3, 0.4) is 0 Å². The molecule has 0 spiro atoms. The maximum absolute atomic E-state index is 13.1. The zero-order valence-electron chi connectivity index (χ0n) is 15.1. The Kier molecular flexibility index (Phi) is 5.85. The van der Waals surface area contributed by atoms with Crippen LogP contribution in [0.2, 0.25) is 0 Å². The molecule has 3 aromatic rings. The van der Waals surface area contributed by atoms with E-state index in [4.69, 9.17) is 4.42 Å². The zero-order chi connectivity index (χ0) is 18.5. The number of benzene rings is 1. The summed E-state index contributed by atoms with van der Waals surface area (Å²) >= 11 is 0. The van der Waals surface area contributed by atoms with Crippen molar-refractivity contribution in [2.24, 2.45) is 0 Å². The van der Waals surface area contributed by atoms with Crippen molar-refractivity contribution in [3.8, 4) is 0 Å². The second-order valence-corrected chi connectivity index (χ2v) is 6.64. The molecular weight excluding hydrogens is 333 g/mol. The summed E-state index contributed by atoms with van der Waals surface area (Å²) in [6.45, 7) is 5.96. The number of aromatic nitrogens is 2. The highest BCUT2D eigenvalue weighted by atomic mass is 19.1. The summed E-state index contributed by atoms with van der Waals surface area (Å²) in [4.78, 5) is 2.09. The van der Waals surface area contributed by atoms with Crippen LogP contribution in [0.1, 0.15) is 22.7 Å². The Balaban J connectivity index is 1.67. The molecule has 138 valence electrons. The van der Waals surface area contributed by atoms with Crippen molar-refractivity contribution >= 4 is 0 Å². The molecule has 0 aliphatic carbocycles. The largest absolute Gasteiger partial charge is 0.468 e. The lowest BCUT2D eigenvalue weighted by molar-refractivity contribution is 0.0839. The van der Waals surface area contributed by atoms with Gasteiger partial charge in [-0.3, -0.25) is 9.58 Å². The molecule has 0 aliphatic rings. The van der Waals surface area contributed by atoms with Crippen molar-refractivity contribution in [2.75, 3.05) is 6.54 Å². The van der Waals surface area contributed by atoms with Crippen LogP contribution in [0.15, 0.2) is 53.1 Å². The molecule has 1 atom stereocenters. The van der Waals surface area contributed by atoms with E-state index in [2.05, 4.69) is 10.00 Å². The van der Waals surface area contributed by atoms with Gasteiger partial charge >= 0.3 is 0 Å². The summed E-state index contributed by atoms with van der Waals surface area (Å²) < 4.78 is 20.4. The number of hydrogen-bond acceptors (Lipinski definition) is 4. The molecular formula is C20H24FN3O2. The normalized spacial score (nSPS) is 12.7. The van der Waals surface area contributed by atoms with Crippen molar-refractivity contribution in [3.63, 3.8) is 0 Å². The average molecular weight is 357 g/mol. The standard InChI is InChI=1S/C20H24FN3O2/c1-15-10-16(2)24(22-15)13-19(25)12-23(14-20-4-3-9-26-20)11-17-5-7-18(21)8-6-17/h3-10,19,25H,11-14H2,1-2H3/t19-/m1/s1. The minimum Gasteiger partial charge on any atom is -0.468 e. The first kappa shape index (κ1) is 18.4. The molecule has 0 amide bonds. The number of nitrogens with zero attached hydrogens (tertiary/aromatic N) is 3. The van der Waals surface area contributed by atoms with E-state index in [1.165, 1.54) is 12.1 Å². The molecule has 0 fully saturated rings. The van der Waals surface area contributed by atoms with E-state index in [9.17, 15) is 9.50 Å².